The second kappa shape index (κ2) is 8.68. The Hall–Kier alpha value is -1.54. The zero-order chi connectivity index (χ0) is 15.8. The highest BCUT2D eigenvalue weighted by molar-refractivity contribution is 9.10. The van der Waals surface area contributed by atoms with Crippen LogP contribution < -0.4 is 5.32 Å². The number of amides is 2. The van der Waals surface area contributed by atoms with Crippen molar-refractivity contribution >= 4 is 45.7 Å². The minimum atomic E-state index is -1.07. The Kier molecular flexibility index (Phi) is 7.24. The molecule has 1 N–H and O–H groups in total. The summed E-state index contributed by atoms with van der Waals surface area (Å²) in [5.74, 6) is -1.21. The Labute approximate surface area is 134 Å². The van der Waals surface area contributed by atoms with E-state index in [1.807, 2.05) is 29.6 Å². The van der Waals surface area contributed by atoms with Gasteiger partial charge in [0.25, 0.3) is 5.91 Å². The number of rotatable bonds is 5. The first kappa shape index (κ1) is 17.5. The van der Waals surface area contributed by atoms with E-state index in [1.165, 1.54) is 18.7 Å². The van der Waals surface area contributed by atoms with Crippen LogP contribution in [0.15, 0.2) is 33.6 Å². The van der Waals surface area contributed by atoms with Gasteiger partial charge in [-0.3, -0.25) is 14.9 Å². The molecular formula is C13H14BrNO5S. The molecule has 0 aliphatic heterocycles. The van der Waals surface area contributed by atoms with E-state index < -0.39 is 24.1 Å². The summed E-state index contributed by atoms with van der Waals surface area (Å²) in [6, 6.07) is 7.44. The molecule has 0 bridgehead atoms. The molecule has 0 saturated carbocycles. The van der Waals surface area contributed by atoms with Crippen molar-refractivity contribution in [2.75, 3.05) is 12.9 Å². The van der Waals surface area contributed by atoms with E-state index in [0.717, 1.165) is 16.5 Å². The smallest absolute Gasteiger partial charge is 0.413 e. The van der Waals surface area contributed by atoms with Gasteiger partial charge < -0.3 is 9.47 Å². The van der Waals surface area contributed by atoms with Gasteiger partial charge in [-0.2, -0.15) is 0 Å². The van der Waals surface area contributed by atoms with Crippen molar-refractivity contribution in [1.82, 2.24) is 5.32 Å². The summed E-state index contributed by atoms with van der Waals surface area (Å²) in [6.07, 6.45) is -1.96. The molecule has 0 spiro atoms. The predicted octanol–water partition coefficient (Wildman–Crippen LogP) is 2.36. The van der Waals surface area contributed by atoms with Crippen LogP contribution in [0.1, 0.15) is 6.92 Å². The second-order valence-electron chi connectivity index (χ2n) is 3.86. The van der Waals surface area contributed by atoms with E-state index in [9.17, 15) is 14.4 Å². The molecule has 0 aromatic heterocycles. The molecule has 0 saturated heterocycles. The fourth-order valence-corrected chi connectivity index (χ4v) is 2.16. The molecule has 0 radical (unpaired) electrons. The number of thioether (sulfide) groups is 1. The zero-order valence-electron chi connectivity index (χ0n) is 11.4. The number of carbonyl (C=O) groups is 3. The molecular weight excluding hydrogens is 362 g/mol. The van der Waals surface area contributed by atoms with Crippen molar-refractivity contribution in [1.29, 1.82) is 0 Å². The first-order valence-corrected chi connectivity index (χ1v) is 7.67. The molecule has 6 nitrogen and oxygen atoms in total. The largest absolute Gasteiger partial charge is 0.453 e. The van der Waals surface area contributed by atoms with E-state index in [1.54, 1.807) is 0 Å². The molecule has 0 fully saturated rings. The molecule has 1 atom stereocenters. The highest BCUT2D eigenvalue weighted by Crippen LogP contribution is 2.20. The van der Waals surface area contributed by atoms with Crippen LogP contribution in [0.2, 0.25) is 0 Å². The summed E-state index contributed by atoms with van der Waals surface area (Å²) in [5.41, 5.74) is 0. The number of halogens is 1. The fraction of sp³-hybridized carbons (Fsp3) is 0.308. The van der Waals surface area contributed by atoms with Crippen LogP contribution >= 0.6 is 27.7 Å². The highest BCUT2D eigenvalue weighted by atomic mass is 79.9. The number of methoxy groups -OCH3 is 1. The lowest BCUT2D eigenvalue weighted by Crippen LogP contribution is -2.39. The maximum absolute atomic E-state index is 11.6. The summed E-state index contributed by atoms with van der Waals surface area (Å²) < 4.78 is 10.1. The van der Waals surface area contributed by atoms with Gasteiger partial charge in [0.2, 0.25) is 0 Å². The average molecular weight is 376 g/mol. The third-order valence-electron chi connectivity index (χ3n) is 2.26. The maximum atomic E-state index is 11.6. The van der Waals surface area contributed by atoms with Gasteiger partial charge in [0.1, 0.15) is 0 Å². The lowest BCUT2D eigenvalue weighted by atomic mass is 10.4. The van der Waals surface area contributed by atoms with Gasteiger partial charge in [0, 0.05) is 9.37 Å². The SMILES string of the molecule is COC(=O)NC(=O)[C@H](C)OC(=O)CSc1ccc(Br)cc1. The number of ether oxygens (including phenoxy) is 2. The van der Waals surface area contributed by atoms with Gasteiger partial charge >= 0.3 is 12.1 Å². The van der Waals surface area contributed by atoms with Crippen molar-refractivity contribution in [3.63, 3.8) is 0 Å². The lowest BCUT2D eigenvalue weighted by molar-refractivity contribution is -0.152. The predicted molar refractivity (Wildman–Crippen MR) is 81.0 cm³/mol. The van der Waals surface area contributed by atoms with E-state index in [0.29, 0.717) is 0 Å². The second-order valence-corrected chi connectivity index (χ2v) is 5.82. The fourth-order valence-electron chi connectivity index (χ4n) is 1.21. The Morgan fingerprint density at radius 2 is 1.90 bits per heavy atom. The molecule has 114 valence electrons. The van der Waals surface area contributed by atoms with Gasteiger partial charge in [-0.1, -0.05) is 15.9 Å². The average Bonchev–Trinajstić information content (AvgIpc) is 2.46. The number of alkyl carbamates (subject to hydrolysis) is 1. The zero-order valence-corrected chi connectivity index (χ0v) is 13.8. The third kappa shape index (κ3) is 6.63. The molecule has 1 aromatic carbocycles. The number of carbonyl (C=O) groups excluding carboxylic acids is 3. The standard InChI is InChI=1S/C13H14BrNO5S/c1-8(12(17)15-13(18)19-2)20-11(16)7-21-10-5-3-9(14)4-6-10/h3-6,8H,7H2,1-2H3,(H,15,17,18)/t8-/m0/s1. The summed E-state index contributed by atoms with van der Waals surface area (Å²) in [7, 11) is 1.13. The molecule has 2 amide bonds. The monoisotopic (exact) mass is 375 g/mol. The van der Waals surface area contributed by atoms with Crippen LogP contribution in [-0.4, -0.2) is 36.9 Å². The van der Waals surface area contributed by atoms with Crippen molar-refractivity contribution in [2.45, 2.75) is 17.9 Å². The number of esters is 1. The normalized spacial score (nSPS) is 11.4. The highest BCUT2D eigenvalue weighted by Gasteiger charge is 2.20. The van der Waals surface area contributed by atoms with E-state index in [2.05, 4.69) is 20.7 Å². The lowest BCUT2D eigenvalue weighted by Gasteiger charge is -2.12. The summed E-state index contributed by atoms with van der Waals surface area (Å²) in [5, 5.41) is 1.93. The molecule has 0 heterocycles. The minimum Gasteiger partial charge on any atom is -0.453 e. The van der Waals surface area contributed by atoms with Crippen LogP contribution in [0.5, 0.6) is 0 Å². The molecule has 21 heavy (non-hydrogen) atoms. The van der Waals surface area contributed by atoms with E-state index in [-0.39, 0.29) is 5.75 Å². The maximum Gasteiger partial charge on any atom is 0.413 e. The van der Waals surface area contributed by atoms with E-state index in [4.69, 9.17) is 4.74 Å². The molecule has 1 aromatic rings. The first-order valence-electron chi connectivity index (χ1n) is 5.89. The summed E-state index contributed by atoms with van der Waals surface area (Å²) in [4.78, 5) is 34.8. The quantitative estimate of drug-likeness (QED) is 0.628. The van der Waals surface area contributed by atoms with Gasteiger partial charge in [0.15, 0.2) is 6.10 Å². The first-order chi connectivity index (χ1) is 9.92. The topological polar surface area (TPSA) is 81.7 Å². The van der Waals surface area contributed by atoms with Gasteiger partial charge in [-0.25, -0.2) is 4.79 Å². The van der Waals surface area contributed by atoms with Gasteiger partial charge in [-0.05, 0) is 31.2 Å². The Balaban J connectivity index is 2.37. The number of hydrogen-bond donors (Lipinski definition) is 1. The van der Waals surface area contributed by atoms with Crippen LogP contribution in [0.25, 0.3) is 0 Å². The van der Waals surface area contributed by atoms with Crippen LogP contribution in [0, 0.1) is 0 Å². The van der Waals surface area contributed by atoms with Crippen molar-refractivity contribution in [2.24, 2.45) is 0 Å². The number of benzene rings is 1. The molecule has 8 heteroatoms. The number of nitrogens with one attached hydrogen (secondary N) is 1. The van der Waals surface area contributed by atoms with Gasteiger partial charge in [-0.15, -0.1) is 11.8 Å². The molecule has 0 aliphatic carbocycles. The third-order valence-corrected chi connectivity index (χ3v) is 3.77. The summed E-state index contributed by atoms with van der Waals surface area (Å²) >= 11 is 4.61. The van der Waals surface area contributed by atoms with Crippen molar-refractivity contribution in [3.8, 4) is 0 Å². The Bertz CT molecular complexity index is 520. The van der Waals surface area contributed by atoms with Crippen LogP contribution in [-0.2, 0) is 19.1 Å². The Morgan fingerprint density at radius 3 is 2.48 bits per heavy atom. The minimum absolute atomic E-state index is 0.0669. The van der Waals surface area contributed by atoms with Crippen LogP contribution in [0.3, 0.4) is 0 Å². The van der Waals surface area contributed by atoms with Gasteiger partial charge in [0.05, 0.1) is 12.9 Å². The number of hydrogen-bond acceptors (Lipinski definition) is 6. The Morgan fingerprint density at radius 1 is 1.29 bits per heavy atom. The van der Waals surface area contributed by atoms with Crippen LogP contribution in [0.4, 0.5) is 4.79 Å². The molecule has 1 rings (SSSR count). The van der Waals surface area contributed by atoms with E-state index >= 15 is 0 Å². The molecule has 0 aliphatic rings. The van der Waals surface area contributed by atoms with Crippen molar-refractivity contribution in [3.05, 3.63) is 28.7 Å². The summed E-state index contributed by atoms with van der Waals surface area (Å²) in [6.45, 7) is 1.38. The van der Waals surface area contributed by atoms with Crippen molar-refractivity contribution < 1.29 is 23.9 Å². The number of imide groups is 1. The molecule has 0 unspecified atom stereocenters.